The molecule has 0 amide bonds. The topological polar surface area (TPSA) is 3.24 Å². The number of fused-ring (bicyclic) bond motifs is 7. The molecule has 7 aromatic rings. The van der Waals surface area contributed by atoms with Crippen molar-refractivity contribution in [2.45, 2.75) is 115 Å². The fraction of sp³-hybridized carbons (Fsp3) is 0.310. The lowest BCUT2D eigenvalue weighted by Crippen LogP contribution is -2.19. The molecular formula is C58H57N. The van der Waals surface area contributed by atoms with Crippen LogP contribution < -0.4 is 4.90 Å². The Bertz CT molecular complexity index is 2610. The number of hydrogen-bond donors (Lipinski definition) is 0. The second kappa shape index (κ2) is 14.1. The standard InChI is InChI=1S/C58H57N/c1-57(2)52-34-42(38-16-8-5-9-17-38)25-30-48(52)50-32-27-44(36-54(50)57)59(56-46-23-15-14-22-41(46)24-29-47(56)40-20-12-7-13-21-40)45-28-33-51-49-31-26-43(39-18-10-6-11-19-39)35-53(49)58(3,4)55(51)37-45/h7,12-15,20-39H,5-6,8-11,16-19H2,1-4H3. The fourth-order valence-corrected chi connectivity index (χ4v) is 11.9. The highest BCUT2D eigenvalue weighted by Gasteiger charge is 2.39. The van der Waals surface area contributed by atoms with Gasteiger partial charge in [0.2, 0.25) is 0 Å². The SMILES string of the molecule is CC1(C)c2cc(C3CCCCC3)ccc2-c2ccc(N(c3ccc4c(c3)C(C)(C)c3cc(C5CCCCC5)ccc3-4)c3c(-c4ccccc4)ccc4ccccc34)cc21. The van der Waals surface area contributed by atoms with Gasteiger partial charge in [-0.25, -0.2) is 0 Å². The summed E-state index contributed by atoms with van der Waals surface area (Å²) in [7, 11) is 0. The summed E-state index contributed by atoms with van der Waals surface area (Å²) in [5.74, 6) is 1.38. The maximum atomic E-state index is 2.60. The van der Waals surface area contributed by atoms with Crippen LogP contribution in [0.1, 0.15) is 137 Å². The number of anilines is 3. The summed E-state index contributed by atoms with van der Waals surface area (Å²) in [6.45, 7) is 9.84. The van der Waals surface area contributed by atoms with E-state index in [4.69, 9.17) is 0 Å². The number of nitrogens with zero attached hydrogens (tertiary/aromatic N) is 1. The Balaban J connectivity index is 1.10. The van der Waals surface area contributed by atoms with Crippen LogP contribution in [0.2, 0.25) is 0 Å². The Labute approximate surface area is 352 Å². The normalized spacial score (nSPS) is 18.0. The van der Waals surface area contributed by atoms with Crippen molar-refractivity contribution in [1.82, 2.24) is 0 Å². The molecule has 7 aromatic carbocycles. The minimum Gasteiger partial charge on any atom is -0.309 e. The first-order valence-corrected chi connectivity index (χ1v) is 22.7. The van der Waals surface area contributed by atoms with Gasteiger partial charge >= 0.3 is 0 Å². The highest BCUT2D eigenvalue weighted by molar-refractivity contribution is 6.06. The molecule has 2 saturated carbocycles. The van der Waals surface area contributed by atoms with E-state index >= 15 is 0 Å². The third kappa shape index (κ3) is 5.94. The van der Waals surface area contributed by atoms with Gasteiger partial charge in [-0.15, -0.1) is 0 Å². The van der Waals surface area contributed by atoms with Gasteiger partial charge in [-0.3, -0.25) is 0 Å². The van der Waals surface area contributed by atoms with Gasteiger partial charge < -0.3 is 4.90 Å². The number of hydrogen-bond acceptors (Lipinski definition) is 1. The number of benzene rings is 7. The van der Waals surface area contributed by atoms with Crippen LogP contribution in [0, 0.1) is 0 Å². The molecule has 1 nitrogen and oxygen atoms in total. The van der Waals surface area contributed by atoms with Crippen LogP contribution in [0.5, 0.6) is 0 Å². The molecule has 4 aliphatic carbocycles. The maximum Gasteiger partial charge on any atom is 0.0618 e. The van der Waals surface area contributed by atoms with Crippen molar-refractivity contribution in [1.29, 1.82) is 0 Å². The highest BCUT2D eigenvalue weighted by atomic mass is 15.1. The summed E-state index contributed by atoms with van der Waals surface area (Å²) in [6, 6.07) is 54.3. The molecule has 0 heterocycles. The predicted molar refractivity (Wildman–Crippen MR) is 251 cm³/mol. The Morgan fingerprint density at radius 3 is 1.37 bits per heavy atom. The summed E-state index contributed by atoms with van der Waals surface area (Å²) in [5, 5.41) is 2.51. The van der Waals surface area contributed by atoms with Crippen LogP contribution >= 0.6 is 0 Å². The van der Waals surface area contributed by atoms with Crippen LogP contribution in [0.4, 0.5) is 17.1 Å². The molecule has 0 aromatic heterocycles. The van der Waals surface area contributed by atoms with E-state index in [1.165, 1.54) is 148 Å². The van der Waals surface area contributed by atoms with Gasteiger partial charge in [0, 0.05) is 33.2 Å². The minimum atomic E-state index is -0.115. The van der Waals surface area contributed by atoms with Crippen molar-refractivity contribution in [3.63, 3.8) is 0 Å². The van der Waals surface area contributed by atoms with Crippen molar-refractivity contribution in [3.05, 3.63) is 173 Å². The van der Waals surface area contributed by atoms with E-state index in [1.807, 2.05) is 0 Å². The summed E-state index contributed by atoms with van der Waals surface area (Å²) in [4.78, 5) is 2.60. The zero-order chi connectivity index (χ0) is 39.9. The van der Waals surface area contributed by atoms with Crippen LogP contribution in [0.15, 0.2) is 140 Å². The molecule has 11 rings (SSSR count). The summed E-state index contributed by atoms with van der Waals surface area (Å²) in [6.07, 6.45) is 13.5. The molecule has 0 unspecified atom stereocenters. The molecule has 1 heteroatoms. The van der Waals surface area contributed by atoms with E-state index in [9.17, 15) is 0 Å². The van der Waals surface area contributed by atoms with E-state index in [2.05, 4.69) is 172 Å². The Morgan fingerprint density at radius 2 is 0.847 bits per heavy atom. The van der Waals surface area contributed by atoms with Crippen LogP contribution in [-0.2, 0) is 10.8 Å². The van der Waals surface area contributed by atoms with E-state index in [1.54, 1.807) is 11.1 Å². The first kappa shape index (κ1) is 36.7. The van der Waals surface area contributed by atoms with Gasteiger partial charge in [-0.2, -0.15) is 0 Å². The van der Waals surface area contributed by atoms with E-state index in [0.717, 1.165) is 0 Å². The Morgan fingerprint density at radius 1 is 0.407 bits per heavy atom. The second-order valence-electron chi connectivity index (χ2n) is 19.4. The quantitative estimate of drug-likeness (QED) is 0.163. The molecule has 0 saturated heterocycles. The van der Waals surface area contributed by atoms with Crippen molar-refractivity contribution >= 4 is 27.8 Å². The molecule has 0 atom stereocenters. The average molecular weight is 768 g/mol. The molecule has 0 spiro atoms. The molecule has 2 fully saturated rings. The molecule has 294 valence electrons. The van der Waals surface area contributed by atoms with Crippen molar-refractivity contribution in [3.8, 4) is 33.4 Å². The molecule has 0 radical (unpaired) electrons. The van der Waals surface area contributed by atoms with Crippen LogP contribution in [-0.4, -0.2) is 0 Å². The zero-order valence-electron chi connectivity index (χ0n) is 35.5. The zero-order valence-corrected chi connectivity index (χ0v) is 35.5. The minimum absolute atomic E-state index is 0.115. The first-order valence-electron chi connectivity index (χ1n) is 22.7. The number of rotatable bonds is 6. The summed E-state index contributed by atoms with van der Waals surface area (Å²) >= 11 is 0. The largest absolute Gasteiger partial charge is 0.309 e. The van der Waals surface area contributed by atoms with E-state index < -0.39 is 0 Å². The molecular weight excluding hydrogens is 711 g/mol. The lowest BCUT2D eigenvalue weighted by Gasteiger charge is -2.32. The molecule has 59 heavy (non-hydrogen) atoms. The van der Waals surface area contributed by atoms with Crippen LogP contribution in [0.3, 0.4) is 0 Å². The van der Waals surface area contributed by atoms with Crippen molar-refractivity contribution in [2.75, 3.05) is 4.90 Å². The third-order valence-electron chi connectivity index (χ3n) is 15.2. The van der Waals surface area contributed by atoms with Gasteiger partial charge in [0.15, 0.2) is 0 Å². The summed E-state index contributed by atoms with van der Waals surface area (Å²) < 4.78 is 0. The van der Waals surface area contributed by atoms with E-state index in [0.29, 0.717) is 11.8 Å². The Hall–Kier alpha value is -5.40. The molecule has 0 N–H and O–H groups in total. The fourth-order valence-electron chi connectivity index (χ4n) is 11.9. The van der Waals surface area contributed by atoms with Gasteiger partial charge in [0.05, 0.1) is 5.69 Å². The molecule has 0 aliphatic heterocycles. The lowest BCUT2D eigenvalue weighted by atomic mass is 9.78. The van der Waals surface area contributed by atoms with Gasteiger partial charge in [0.1, 0.15) is 0 Å². The molecule has 4 aliphatic rings. The monoisotopic (exact) mass is 767 g/mol. The van der Waals surface area contributed by atoms with Crippen LogP contribution in [0.25, 0.3) is 44.2 Å². The maximum absolute atomic E-state index is 2.60. The predicted octanol–water partition coefficient (Wildman–Crippen LogP) is 16.7. The first-order chi connectivity index (χ1) is 28.8. The van der Waals surface area contributed by atoms with E-state index in [-0.39, 0.29) is 10.8 Å². The van der Waals surface area contributed by atoms with Gasteiger partial charge in [-0.1, -0.05) is 181 Å². The lowest BCUT2D eigenvalue weighted by molar-refractivity contribution is 0.443. The summed E-state index contributed by atoms with van der Waals surface area (Å²) in [5.41, 5.74) is 20.3. The van der Waals surface area contributed by atoms with Gasteiger partial charge in [-0.05, 0) is 128 Å². The second-order valence-corrected chi connectivity index (χ2v) is 19.4. The smallest absolute Gasteiger partial charge is 0.0618 e. The Kier molecular flexibility index (Phi) is 8.77. The third-order valence-corrected chi connectivity index (χ3v) is 15.2. The van der Waals surface area contributed by atoms with Gasteiger partial charge in [0.25, 0.3) is 0 Å². The van der Waals surface area contributed by atoms with Crippen molar-refractivity contribution in [2.24, 2.45) is 0 Å². The molecule has 0 bridgehead atoms. The average Bonchev–Trinajstić information content (AvgIpc) is 3.65. The van der Waals surface area contributed by atoms with Crippen molar-refractivity contribution < 1.29 is 0 Å². The highest BCUT2D eigenvalue weighted by Crippen LogP contribution is 2.55.